The lowest BCUT2D eigenvalue weighted by molar-refractivity contribution is 0.0593. The SMILES string of the molecule is COC(=O)c1c(N)c(C#N)cn1-c1ccc2c(=O)n(Cc3ccccc3F)cnc2c1. The largest absolute Gasteiger partial charge is 0.464 e. The maximum atomic E-state index is 13.9. The summed E-state index contributed by atoms with van der Waals surface area (Å²) in [6.07, 6.45) is 2.76. The van der Waals surface area contributed by atoms with Gasteiger partial charge in [-0.05, 0) is 24.3 Å². The van der Waals surface area contributed by atoms with Crippen LogP contribution in [0.2, 0.25) is 0 Å². The second-order valence-corrected chi connectivity index (χ2v) is 6.75. The van der Waals surface area contributed by atoms with Crippen LogP contribution in [0.4, 0.5) is 10.1 Å². The van der Waals surface area contributed by atoms with Crippen molar-refractivity contribution in [3.63, 3.8) is 0 Å². The Kier molecular flexibility index (Phi) is 4.97. The molecule has 0 bridgehead atoms. The third kappa shape index (κ3) is 3.40. The van der Waals surface area contributed by atoms with Gasteiger partial charge in [0.2, 0.25) is 0 Å². The van der Waals surface area contributed by atoms with Gasteiger partial charge in [0, 0.05) is 17.4 Å². The van der Waals surface area contributed by atoms with Crippen LogP contribution in [0.3, 0.4) is 0 Å². The number of nitrogens with zero attached hydrogens (tertiary/aromatic N) is 4. The fourth-order valence-corrected chi connectivity index (χ4v) is 3.34. The molecular weight excluding hydrogens is 401 g/mol. The first-order valence-electron chi connectivity index (χ1n) is 9.16. The van der Waals surface area contributed by atoms with Gasteiger partial charge in [-0.1, -0.05) is 18.2 Å². The van der Waals surface area contributed by atoms with Crippen LogP contribution in [0, 0.1) is 17.1 Å². The van der Waals surface area contributed by atoms with Crippen molar-refractivity contribution in [3.8, 4) is 11.8 Å². The second-order valence-electron chi connectivity index (χ2n) is 6.75. The Hall–Kier alpha value is -4.45. The first-order valence-corrected chi connectivity index (χ1v) is 9.16. The molecule has 0 saturated heterocycles. The van der Waals surface area contributed by atoms with Gasteiger partial charge in [0.1, 0.15) is 11.9 Å². The molecule has 8 nitrogen and oxygen atoms in total. The van der Waals surface area contributed by atoms with Gasteiger partial charge in [0.15, 0.2) is 5.69 Å². The number of aromatic nitrogens is 3. The van der Waals surface area contributed by atoms with E-state index in [-0.39, 0.29) is 29.0 Å². The Morgan fingerprint density at radius 1 is 1.29 bits per heavy atom. The molecule has 0 atom stereocenters. The number of anilines is 1. The number of nitriles is 1. The van der Waals surface area contributed by atoms with Gasteiger partial charge in [-0.3, -0.25) is 9.36 Å². The number of hydrogen-bond donors (Lipinski definition) is 1. The number of carbonyl (C=O) groups is 1. The summed E-state index contributed by atoms with van der Waals surface area (Å²) in [6, 6.07) is 12.9. The maximum absolute atomic E-state index is 13.9. The predicted octanol–water partition coefficient (Wildman–Crippen LogP) is 2.62. The Morgan fingerprint density at radius 3 is 2.77 bits per heavy atom. The Balaban J connectivity index is 1.81. The van der Waals surface area contributed by atoms with E-state index < -0.39 is 11.8 Å². The number of methoxy groups -OCH3 is 1. The summed E-state index contributed by atoms with van der Waals surface area (Å²) in [5.41, 5.74) is 6.93. The first-order chi connectivity index (χ1) is 14.9. The molecule has 0 aliphatic rings. The van der Waals surface area contributed by atoms with E-state index in [2.05, 4.69) is 4.98 Å². The van der Waals surface area contributed by atoms with Crippen LogP contribution in [0.15, 0.2) is 59.8 Å². The van der Waals surface area contributed by atoms with Crippen molar-refractivity contribution < 1.29 is 13.9 Å². The molecular formula is C22H16FN5O3. The van der Waals surface area contributed by atoms with Crippen LogP contribution in [0.5, 0.6) is 0 Å². The van der Waals surface area contributed by atoms with Gasteiger partial charge in [0.25, 0.3) is 5.56 Å². The van der Waals surface area contributed by atoms with E-state index in [0.29, 0.717) is 22.2 Å². The molecule has 0 saturated carbocycles. The molecule has 2 aromatic carbocycles. The normalized spacial score (nSPS) is 10.7. The lowest BCUT2D eigenvalue weighted by atomic mass is 10.2. The maximum Gasteiger partial charge on any atom is 0.357 e. The van der Waals surface area contributed by atoms with Crippen molar-refractivity contribution >= 4 is 22.6 Å². The smallest absolute Gasteiger partial charge is 0.357 e. The van der Waals surface area contributed by atoms with Crippen molar-refractivity contribution in [2.45, 2.75) is 6.54 Å². The van der Waals surface area contributed by atoms with Gasteiger partial charge >= 0.3 is 5.97 Å². The molecule has 2 heterocycles. The van der Waals surface area contributed by atoms with Gasteiger partial charge in [-0.2, -0.15) is 5.26 Å². The molecule has 154 valence electrons. The topological polar surface area (TPSA) is 116 Å². The third-order valence-electron chi connectivity index (χ3n) is 4.93. The number of halogens is 1. The number of hydrogen-bond acceptors (Lipinski definition) is 6. The molecule has 0 aliphatic carbocycles. The Morgan fingerprint density at radius 2 is 2.06 bits per heavy atom. The van der Waals surface area contributed by atoms with Gasteiger partial charge < -0.3 is 15.0 Å². The Bertz CT molecular complexity index is 1430. The minimum Gasteiger partial charge on any atom is -0.464 e. The van der Waals surface area contributed by atoms with Crippen molar-refractivity contribution in [1.29, 1.82) is 5.26 Å². The molecule has 2 aromatic heterocycles. The highest BCUT2D eigenvalue weighted by Crippen LogP contribution is 2.25. The second kappa shape index (κ2) is 7.76. The molecule has 9 heteroatoms. The molecule has 0 radical (unpaired) electrons. The highest BCUT2D eigenvalue weighted by molar-refractivity contribution is 5.96. The van der Waals surface area contributed by atoms with E-state index in [0.717, 1.165) is 0 Å². The summed E-state index contributed by atoms with van der Waals surface area (Å²) in [6.45, 7) is 0.0440. The van der Waals surface area contributed by atoms with Crippen LogP contribution in [0.1, 0.15) is 21.6 Å². The highest BCUT2D eigenvalue weighted by atomic mass is 19.1. The number of rotatable bonds is 4. The summed E-state index contributed by atoms with van der Waals surface area (Å²) < 4.78 is 21.5. The van der Waals surface area contributed by atoms with Crippen LogP contribution in [-0.4, -0.2) is 27.2 Å². The van der Waals surface area contributed by atoms with Gasteiger partial charge in [0.05, 0.1) is 42.1 Å². The van der Waals surface area contributed by atoms with E-state index in [9.17, 15) is 19.2 Å². The molecule has 0 spiro atoms. The van der Waals surface area contributed by atoms with E-state index in [1.807, 2.05) is 6.07 Å². The lowest BCUT2D eigenvalue weighted by Gasteiger charge is -2.11. The Labute approximate surface area is 175 Å². The van der Waals surface area contributed by atoms with Crippen molar-refractivity contribution in [1.82, 2.24) is 14.1 Å². The zero-order valence-electron chi connectivity index (χ0n) is 16.4. The minimum atomic E-state index is -0.702. The molecule has 31 heavy (non-hydrogen) atoms. The zero-order valence-corrected chi connectivity index (χ0v) is 16.4. The molecule has 0 aliphatic heterocycles. The molecule has 0 unspecified atom stereocenters. The van der Waals surface area contributed by atoms with E-state index in [4.69, 9.17) is 10.5 Å². The standard InChI is InChI=1S/C22H16FN5O3/c1-31-22(30)20-19(25)14(9-24)11-28(20)15-6-7-16-18(8-15)26-12-27(21(16)29)10-13-4-2-3-5-17(13)23/h2-8,11-12H,10,25H2,1H3. The van der Waals surface area contributed by atoms with Gasteiger partial charge in [-0.15, -0.1) is 0 Å². The van der Waals surface area contributed by atoms with E-state index in [1.54, 1.807) is 36.4 Å². The number of carbonyl (C=O) groups excluding carboxylic acids is 1. The van der Waals surface area contributed by atoms with Crippen LogP contribution in [-0.2, 0) is 11.3 Å². The molecule has 0 amide bonds. The number of esters is 1. The van der Waals surface area contributed by atoms with Crippen molar-refractivity contribution in [3.05, 3.63) is 88.0 Å². The average molecular weight is 417 g/mol. The molecule has 0 fully saturated rings. The average Bonchev–Trinajstić information content (AvgIpc) is 3.12. The highest BCUT2D eigenvalue weighted by Gasteiger charge is 2.22. The third-order valence-corrected chi connectivity index (χ3v) is 4.93. The summed E-state index contributed by atoms with van der Waals surface area (Å²) in [7, 11) is 1.21. The number of fused-ring (bicyclic) bond motifs is 1. The molecule has 4 rings (SSSR count). The summed E-state index contributed by atoms with van der Waals surface area (Å²) >= 11 is 0. The number of nitrogen functional groups attached to an aromatic ring is 1. The first kappa shape index (κ1) is 19.8. The van der Waals surface area contributed by atoms with E-state index in [1.165, 1.54) is 34.8 Å². The zero-order chi connectivity index (χ0) is 22.1. The predicted molar refractivity (Wildman–Crippen MR) is 111 cm³/mol. The van der Waals surface area contributed by atoms with Crippen molar-refractivity contribution in [2.75, 3.05) is 12.8 Å². The summed E-state index contributed by atoms with van der Waals surface area (Å²) in [5, 5.41) is 9.58. The fourth-order valence-electron chi connectivity index (χ4n) is 3.34. The molecule has 2 N–H and O–H groups in total. The number of benzene rings is 2. The van der Waals surface area contributed by atoms with Crippen LogP contribution in [0.25, 0.3) is 16.6 Å². The van der Waals surface area contributed by atoms with Gasteiger partial charge in [-0.25, -0.2) is 14.2 Å². The monoisotopic (exact) mass is 417 g/mol. The van der Waals surface area contributed by atoms with Crippen LogP contribution >= 0.6 is 0 Å². The molecule has 4 aromatic rings. The fraction of sp³-hybridized carbons (Fsp3) is 0.0909. The summed E-state index contributed by atoms with van der Waals surface area (Å²) in [5.74, 6) is -1.11. The quantitative estimate of drug-likeness (QED) is 0.510. The summed E-state index contributed by atoms with van der Waals surface area (Å²) in [4.78, 5) is 29.4. The van der Waals surface area contributed by atoms with Crippen LogP contribution < -0.4 is 11.3 Å². The minimum absolute atomic E-state index is 0.00251. The number of ether oxygens (including phenoxy) is 1. The number of nitrogens with two attached hydrogens (primary N) is 1. The van der Waals surface area contributed by atoms with Crippen molar-refractivity contribution in [2.24, 2.45) is 0 Å². The van der Waals surface area contributed by atoms with E-state index >= 15 is 0 Å². The lowest BCUT2D eigenvalue weighted by Crippen LogP contribution is -2.21.